The molecule has 0 atom stereocenters. The topological polar surface area (TPSA) is 119 Å². The summed E-state index contributed by atoms with van der Waals surface area (Å²) in [6.07, 6.45) is 1.62. The predicted octanol–water partition coefficient (Wildman–Crippen LogP) is 5.53. The maximum Gasteiger partial charge on any atom is 0.270 e. The van der Waals surface area contributed by atoms with E-state index in [9.17, 15) is 18.5 Å². The Bertz CT molecular complexity index is 1390. The molecule has 0 amide bonds. The number of benzene rings is 2. The number of anilines is 2. The molecule has 3 aromatic rings. The first-order chi connectivity index (χ1) is 16.4. The van der Waals surface area contributed by atoms with Crippen molar-refractivity contribution in [1.29, 1.82) is 0 Å². The molecule has 0 saturated heterocycles. The molecule has 0 saturated carbocycles. The Labute approximate surface area is 206 Å². The molecule has 9 nitrogen and oxygen atoms in total. The van der Waals surface area contributed by atoms with E-state index in [1.807, 2.05) is 32.9 Å². The number of aromatic nitrogens is 1. The van der Waals surface area contributed by atoms with Gasteiger partial charge in [-0.05, 0) is 57.4 Å². The third kappa shape index (κ3) is 6.07. The first kappa shape index (κ1) is 26.0. The molecule has 0 aliphatic rings. The van der Waals surface area contributed by atoms with Gasteiger partial charge in [0.1, 0.15) is 4.90 Å². The van der Waals surface area contributed by atoms with Gasteiger partial charge in [-0.3, -0.25) is 20.3 Å². The molecular formula is C25H31N5O4S. The van der Waals surface area contributed by atoms with Crippen molar-refractivity contribution in [1.82, 2.24) is 4.57 Å². The fraction of sp³-hybridized carbons (Fsp3) is 0.320. The van der Waals surface area contributed by atoms with E-state index in [4.69, 9.17) is 0 Å². The Balaban J connectivity index is 1.94. The third-order valence-corrected chi connectivity index (χ3v) is 7.05. The van der Waals surface area contributed by atoms with Crippen LogP contribution >= 0.6 is 0 Å². The predicted molar refractivity (Wildman–Crippen MR) is 140 cm³/mol. The summed E-state index contributed by atoms with van der Waals surface area (Å²) >= 11 is 0. The quantitative estimate of drug-likeness (QED) is 0.229. The molecule has 2 N–H and O–H groups in total. The molecule has 2 aromatic carbocycles. The van der Waals surface area contributed by atoms with Gasteiger partial charge in [-0.2, -0.15) is 5.10 Å². The summed E-state index contributed by atoms with van der Waals surface area (Å²) in [7, 11) is -4.15. The van der Waals surface area contributed by atoms with Crippen LogP contribution in [0.1, 0.15) is 41.9 Å². The first-order valence-corrected chi connectivity index (χ1v) is 12.7. The lowest BCUT2D eigenvalue weighted by Crippen LogP contribution is -2.16. The molecule has 186 valence electrons. The van der Waals surface area contributed by atoms with Crippen molar-refractivity contribution in [2.75, 3.05) is 10.1 Å². The van der Waals surface area contributed by atoms with Gasteiger partial charge in [0.15, 0.2) is 0 Å². The number of sulfonamides is 1. The maximum atomic E-state index is 13.2. The van der Waals surface area contributed by atoms with E-state index in [0.29, 0.717) is 11.6 Å². The molecule has 10 heteroatoms. The number of nitrogens with one attached hydrogen (secondary N) is 2. The number of rotatable bonds is 9. The first-order valence-electron chi connectivity index (χ1n) is 11.2. The number of nitro benzene ring substituents is 1. The maximum absolute atomic E-state index is 13.2. The van der Waals surface area contributed by atoms with Crippen molar-refractivity contribution < 1.29 is 13.3 Å². The zero-order valence-electron chi connectivity index (χ0n) is 20.8. The van der Waals surface area contributed by atoms with Crippen molar-refractivity contribution >= 4 is 33.3 Å². The van der Waals surface area contributed by atoms with Gasteiger partial charge in [0, 0.05) is 35.6 Å². The van der Waals surface area contributed by atoms with Crippen LogP contribution in [0, 0.1) is 43.7 Å². The zero-order chi connectivity index (χ0) is 25.9. The standard InChI is InChI=1S/C25H31N5O4S/c1-16(2)15-29-19(5)12-21(20(29)6)14-26-27-24-10-8-22(30(31)32)13-25(24)35(33,34)28-23-9-7-17(3)11-18(23)4/h7-14,16,27-28H,15H2,1-6H3. The minimum atomic E-state index is -4.15. The number of nitro groups is 1. The Morgan fingerprint density at radius 3 is 2.37 bits per heavy atom. The summed E-state index contributed by atoms with van der Waals surface area (Å²) in [6.45, 7) is 12.9. The third-order valence-electron chi connectivity index (χ3n) is 5.64. The zero-order valence-corrected chi connectivity index (χ0v) is 21.6. The highest BCUT2D eigenvalue weighted by Gasteiger charge is 2.23. The number of aryl methyl sites for hydroxylation is 3. The molecule has 0 spiro atoms. The van der Waals surface area contributed by atoms with Crippen LogP contribution in [0.5, 0.6) is 0 Å². The van der Waals surface area contributed by atoms with Crippen LogP contribution in [0.15, 0.2) is 52.5 Å². The minimum Gasteiger partial charge on any atom is -0.348 e. The highest BCUT2D eigenvalue weighted by atomic mass is 32.2. The fourth-order valence-corrected chi connectivity index (χ4v) is 5.15. The van der Waals surface area contributed by atoms with Gasteiger partial charge in [0.05, 0.1) is 22.5 Å². The van der Waals surface area contributed by atoms with E-state index in [1.54, 1.807) is 25.3 Å². The molecule has 0 radical (unpaired) electrons. The van der Waals surface area contributed by atoms with Crippen molar-refractivity contribution in [3.05, 3.63) is 80.7 Å². The van der Waals surface area contributed by atoms with E-state index < -0.39 is 14.9 Å². The van der Waals surface area contributed by atoms with Crippen LogP contribution in [-0.4, -0.2) is 24.1 Å². The summed E-state index contributed by atoms with van der Waals surface area (Å²) in [5.41, 5.74) is 7.73. The smallest absolute Gasteiger partial charge is 0.270 e. The Morgan fingerprint density at radius 2 is 1.74 bits per heavy atom. The number of hydrazone groups is 1. The van der Waals surface area contributed by atoms with Crippen LogP contribution in [-0.2, 0) is 16.6 Å². The Kier molecular flexibility index (Phi) is 7.64. The number of nitrogens with zero attached hydrogens (tertiary/aromatic N) is 3. The van der Waals surface area contributed by atoms with Crippen LogP contribution in [0.4, 0.5) is 17.1 Å². The molecule has 0 aliphatic carbocycles. The normalized spacial score (nSPS) is 11.9. The summed E-state index contributed by atoms with van der Waals surface area (Å²) in [6, 6.07) is 10.9. The molecule has 1 heterocycles. The van der Waals surface area contributed by atoms with Gasteiger partial charge in [0.25, 0.3) is 15.7 Å². The highest BCUT2D eigenvalue weighted by molar-refractivity contribution is 7.92. The summed E-state index contributed by atoms with van der Waals surface area (Å²) in [4.78, 5) is 10.4. The molecule has 3 rings (SSSR count). The summed E-state index contributed by atoms with van der Waals surface area (Å²) < 4.78 is 31.2. The molecule has 35 heavy (non-hydrogen) atoms. The summed E-state index contributed by atoms with van der Waals surface area (Å²) in [5, 5.41) is 15.6. The fourth-order valence-electron chi connectivity index (χ4n) is 3.84. The van der Waals surface area contributed by atoms with Gasteiger partial charge in [-0.25, -0.2) is 8.42 Å². The molecule has 0 aliphatic heterocycles. The molecule has 0 bridgehead atoms. The molecule has 0 unspecified atom stereocenters. The average Bonchev–Trinajstić information content (AvgIpc) is 3.03. The van der Waals surface area contributed by atoms with Gasteiger partial charge in [-0.15, -0.1) is 0 Å². The number of non-ortho nitro benzene ring substituents is 1. The second kappa shape index (κ2) is 10.3. The molecular weight excluding hydrogens is 466 g/mol. The van der Waals surface area contributed by atoms with Crippen LogP contribution < -0.4 is 10.1 Å². The SMILES string of the molecule is Cc1ccc(NS(=O)(=O)c2cc([N+](=O)[O-])ccc2NN=Cc2cc(C)n(CC(C)C)c2C)c(C)c1. The van der Waals surface area contributed by atoms with Crippen molar-refractivity contribution in [3.63, 3.8) is 0 Å². The van der Waals surface area contributed by atoms with Gasteiger partial charge < -0.3 is 4.57 Å². The lowest BCUT2D eigenvalue weighted by Gasteiger charge is -2.14. The van der Waals surface area contributed by atoms with Crippen LogP contribution in [0.25, 0.3) is 0 Å². The second-order valence-electron chi connectivity index (χ2n) is 9.06. The monoisotopic (exact) mass is 497 g/mol. The van der Waals surface area contributed by atoms with E-state index in [1.165, 1.54) is 12.1 Å². The molecule has 0 fully saturated rings. The largest absolute Gasteiger partial charge is 0.348 e. The van der Waals surface area contributed by atoms with Gasteiger partial charge in [0.2, 0.25) is 0 Å². The van der Waals surface area contributed by atoms with E-state index in [2.05, 4.69) is 33.7 Å². The molecule has 1 aromatic heterocycles. The minimum absolute atomic E-state index is 0.125. The van der Waals surface area contributed by atoms with Gasteiger partial charge in [-0.1, -0.05) is 31.5 Å². The Hall–Kier alpha value is -3.66. The number of hydrogen-bond acceptors (Lipinski definition) is 6. The average molecular weight is 498 g/mol. The van der Waals surface area contributed by atoms with Crippen molar-refractivity contribution in [3.8, 4) is 0 Å². The van der Waals surface area contributed by atoms with E-state index >= 15 is 0 Å². The van der Waals surface area contributed by atoms with Crippen molar-refractivity contribution in [2.24, 2.45) is 11.0 Å². The summed E-state index contributed by atoms with van der Waals surface area (Å²) in [5.74, 6) is 0.486. The van der Waals surface area contributed by atoms with E-state index in [0.717, 1.165) is 40.7 Å². The Morgan fingerprint density at radius 1 is 1.06 bits per heavy atom. The second-order valence-corrected chi connectivity index (χ2v) is 10.7. The van der Waals surface area contributed by atoms with Crippen LogP contribution in [0.2, 0.25) is 0 Å². The van der Waals surface area contributed by atoms with Crippen LogP contribution in [0.3, 0.4) is 0 Å². The number of hydrogen-bond donors (Lipinski definition) is 2. The van der Waals surface area contributed by atoms with Crippen molar-refractivity contribution in [2.45, 2.75) is 53.0 Å². The highest BCUT2D eigenvalue weighted by Crippen LogP contribution is 2.29. The lowest BCUT2D eigenvalue weighted by atomic mass is 10.1. The van der Waals surface area contributed by atoms with Gasteiger partial charge >= 0.3 is 0 Å². The lowest BCUT2D eigenvalue weighted by molar-refractivity contribution is -0.385. The van der Waals surface area contributed by atoms with E-state index in [-0.39, 0.29) is 16.3 Å².